The number of benzene rings is 2. The number of nitrogens with one attached hydrogen (secondary N) is 2. The highest BCUT2D eigenvalue weighted by Gasteiger charge is 2.76. The van der Waals surface area contributed by atoms with Crippen LogP contribution in [0.5, 0.6) is 5.75 Å². The zero-order valence-electron chi connectivity index (χ0n) is 44.8. The highest BCUT2D eigenvalue weighted by atomic mass is 16.6. The largest absolute Gasteiger partial charge is 0.508 e. The number of aromatic hydroxyl groups is 1. The first-order valence-corrected chi connectivity index (χ1v) is 29.3. The smallest absolute Gasteiger partial charge is 0.160 e. The van der Waals surface area contributed by atoms with Crippen LogP contribution in [-0.4, -0.2) is 69.9 Å². The molecule has 5 bridgehead atoms. The minimum Gasteiger partial charge on any atom is -0.508 e. The number of carbonyl (C=O) groups is 2. The first-order chi connectivity index (χ1) is 34.3. The number of nitrogens with two attached hydrogens (primary N) is 1. The van der Waals surface area contributed by atoms with Gasteiger partial charge in [-0.2, -0.15) is 0 Å². The Kier molecular flexibility index (Phi) is 12.1. The van der Waals surface area contributed by atoms with Gasteiger partial charge in [-0.3, -0.25) is 9.59 Å². The van der Waals surface area contributed by atoms with E-state index in [1.54, 1.807) is 0 Å². The fourth-order valence-corrected chi connectivity index (χ4v) is 21.4. The molecule has 0 radical (unpaired) electrons. The van der Waals surface area contributed by atoms with Crippen molar-refractivity contribution in [1.82, 2.24) is 10.6 Å². The predicted molar refractivity (Wildman–Crippen MR) is 283 cm³/mol. The molecule has 2 saturated heterocycles. The summed E-state index contributed by atoms with van der Waals surface area (Å²) in [5.41, 5.74) is 9.32. The summed E-state index contributed by atoms with van der Waals surface area (Å²) in [4.78, 5) is 32.5. The third-order valence-electron chi connectivity index (χ3n) is 23.9. The number of hydrogen-bond donors (Lipinski definition) is 6. The van der Waals surface area contributed by atoms with Crippen LogP contribution in [0.15, 0.2) is 53.6 Å². The maximum absolute atomic E-state index is 16.4. The number of rotatable bonds is 8. The van der Waals surface area contributed by atoms with Crippen molar-refractivity contribution in [3.8, 4) is 5.75 Å². The summed E-state index contributed by atoms with van der Waals surface area (Å²) in [6, 6.07) is 14.4. The second-order valence-corrected chi connectivity index (χ2v) is 27.7. The zero-order chi connectivity index (χ0) is 50.4. The van der Waals surface area contributed by atoms with Crippen LogP contribution in [0, 0.1) is 63.1 Å². The van der Waals surface area contributed by atoms with Gasteiger partial charge in [0.1, 0.15) is 17.6 Å². The van der Waals surface area contributed by atoms with Crippen LogP contribution in [0.2, 0.25) is 0 Å². The summed E-state index contributed by atoms with van der Waals surface area (Å²) in [5, 5.41) is 43.9. The van der Waals surface area contributed by atoms with Gasteiger partial charge < -0.3 is 36.4 Å². The minimum atomic E-state index is -0.863. The van der Waals surface area contributed by atoms with E-state index in [1.807, 2.05) is 32.2 Å². The molecule has 0 amide bonds. The normalized spacial score (nSPS) is 47.2. The number of aliphatic hydroxyl groups excluding tert-OH is 1. The highest BCUT2D eigenvalue weighted by molar-refractivity contribution is 6.01. The van der Waals surface area contributed by atoms with Crippen molar-refractivity contribution in [3.63, 3.8) is 0 Å². The lowest BCUT2D eigenvalue weighted by Crippen LogP contribution is -2.72. The molecule has 0 aromatic heterocycles. The number of ether oxygens (including phenoxy) is 1. The third kappa shape index (κ3) is 7.28. The fraction of sp³-hybridized carbons (Fsp3) is 0.746. The Morgan fingerprint density at radius 3 is 2.49 bits per heavy atom. The predicted octanol–water partition coefficient (Wildman–Crippen LogP) is 11.0. The van der Waals surface area contributed by atoms with Gasteiger partial charge in [-0.25, -0.2) is 0 Å². The molecule has 9 heteroatoms. The monoisotopic (exact) mass is 984 g/mol. The van der Waals surface area contributed by atoms with Gasteiger partial charge in [-0.05, 0) is 209 Å². The van der Waals surface area contributed by atoms with E-state index in [4.69, 9.17) is 10.5 Å². The highest BCUT2D eigenvalue weighted by Crippen LogP contribution is 2.78. The molecule has 18 unspecified atom stereocenters. The van der Waals surface area contributed by atoms with E-state index in [9.17, 15) is 15.3 Å². The van der Waals surface area contributed by atoms with Gasteiger partial charge in [0.05, 0.1) is 22.7 Å². The van der Waals surface area contributed by atoms with Gasteiger partial charge >= 0.3 is 0 Å². The molecule has 2 aromatic rings. The van der Waals surface area contributed by atoms with Crippen molar-refractivity contribution >= 4 is 17.3 Å². The fourth-order valence-electron chi connectivity index (χ4n) is 21.4. The first-order valence-electron chi connectivity index (χ1n) is 29.3. The number of aliphatic hydroxyl groups is 2. The van der Waals surface area contributed by atoms with Gasteiger partial charge in [-0.15, -0.1) is 0 Å². The van der Waals surface area contributed by atoms with Crippen molar-refractivity contribution in [1.29, 1.82) is 0 Å². The van der Waals surface area contributed by atoms with Crippen LogP contribution < -0.4 is 16.4 Å². The SMILES string of the molecule is CNCc1cc(O)cc(C23CCCC45CC(=O)C(C6C7CCCCC7CCC6C(O)C6OC6(C)C6CCCC6c6cccc(N)c6)=C4CCC4C(C)(C2)C2C(CC45C)NCC(C)(O)CCCCC2(C)C3=O)c1. The van der Waals surface area contributed by atoms with Crippen LogP contribution >= 0.6 is 0 Å². The van der Waals surface area contributed by atoms with Crippen molar-refractivity contribution in [2.45, 2.75) is 217 Å². The number of carbonyl (C=O) groups excluding carboxylic acids is 2. The summed E-state index contributed by atoms with van der Waals surface area (Å²) >= 11 is 0. The van der Waals surface area contributed by atoms with E-state index >= 15 is 9.59 Å². The Bertz CT molecular complexity index is 2520. The number of Topliss-reactive ketones (excluding diaryl/α,β-unsaturated/α-hetero) is 2. The van der Waals surface area contributed by atoms with Crippen LogP contribution in [0.25, 0.3) is 0 Å². The van der Waals surface area contributed by atoms with E-state index in [2.05, 4.69) is 62.6 Å². The Hall–Kier alpha value is -3.08. The quantitative estimate of drug-likeness (QED) is 0.112. The third-order valence-corrected chi connectivity index (χ3v) is 23.9. The summed E-state index contributed by atoms with van der Waals surface area (Å²) in [6.45, 7) is 12.8. The minimum absolute atomic E-state index is 0.0117. The average Bonchev–Trinajstić information content (AvgIpc) is 3.62. The van der Waals surface area contributed by atoms with E-state index in [0.29, 0.717) is 67.6 Å². The van der Waals surface area contributed by atoms with Crippen molar-refractivity contribution in [2.24, 2.45) is 63.1 Å². The molecule has 10 aliphatic rings. The first kappa shape index (κ1) is 49.8. The molecule has 9 fully saturated rings. The number of epoxide rings is 1. The zero-order valence-corrected chi connectivity index (χ0v) is 44.8. The maximum Gasteiger partial charge on any atom is 0.160 e. The molecule has 2 heterocycles. The second-order valence-electron chi connectivity index (χ2n) is 27.7. The molecule has 18 atom stereocenters. The molecule has 7 N–H and O–H groups in total. The molecule has 1 spiro atoms. The summed E-state index contributed by atoms with van der Waals surface area (Å²) in [6.07, 6.45) is 18.8. The summed E-state index contributed by atoms with van der Waals surface area (Å²) in [7, 11) is 1.94. The molecule has 392 valence electrons. The van der Waals surface area contributed by atoms with Crippen LogP contribution in [0.3, 0.4) is 0 Å². The Morgan fingerprint density at radius 1 is 0.875 bits per heavy atom. The molecule has 2 aromatic carbocycles. The molecule has 8 aliphatic carbocycles. The van der Waals surface area contributed by atoms with Gasteiger partial charge in [-0.1, -0.05) is 89.5 Å². The van der Waals surface area contributed by atoms with Gasteiger partial charge in [0.25, 0.3) is 0 Å². The second kappa shape index (κ2) is 17.5. The lowest BCUT2D eigenvalue weighted by molar-refractivity contribution is -0.206. The number of β-amino-alcohol motifs (C(OH)–C–C–N with tert-alkyl or cyclic N) is 1. The number of phenols is 1. The number of ketones is 2. The summed E-state index contributed by atoms with van der Waals surface area (Å²) in [5.74, 6) is 2.80. The lowest BCUT2D eigenvalue weighted by Gasteiger charge is -2.72. The molecular formula is C63H89N3O6. The number of anilines is 1. The van der Waals surface area contributed by atoms with E-state index in [1.165, 1.54) is 30.4 Å². The van der Waals surface area contributed by atoms with Crippen molar-refractivity contribution < 1.29 is 29.6 Å². The standard InChI is InChI=1S/C63H89N3O6/c1-57(71)24-9-10-25-58(2)54-48(66-36-57)32-60(4)50-23-22-47-52(49(68)33-63(47,60)27-13-26-62(56(58)70,35-59(50,54)3)40-28-37(34-65-6)29-42(67)31-40)51-44-17-8-7-14-38(44)20-21-45(51)53(69)55-61(5,72-55)46-19-12-18-43(46)39-15-11-16-41(64)30-39/h11,15-16,28-31,38,43-46,48,50-51,53-55,65-67,69,71H,7-10,12-14,17-27,32-36,64H2,1-6H3. The number of allylic oxidation sites excluding steroid dienone is 2. The average molecular weight is 984 g/mol. The number of phenolic OH excluding ortho intramolecular Hbond substituents is 1. The number of fused-ring (bicyclic) bond motifs is 2. The number of hydrogen-bond acceptors (Lipinski definition) is 9. The van der Waals surface area contributed by atoms with Gasteiger partial charge in [0.2, 0.25) is 0 Å². The molecule has 72 heavy (non-hydrogen) atoms. The summed E-state index contributed by atoms with van der Waals surface area (Å²) < 4.78 is 6.91. The topological polar surface area (TPSA) is 157 Å². The molecule has 12 rings (SSSR count). The Labute approximate surface area is 431 Å². The number of nitrogen functional groups attached to an aromatic ring is 1. The van der Waals surface area contributed by atoms with Crippen LogP contribution in [-0.2, 0) is 26.3 Å². The van der Waals surface area contributed by atoms with Crippen molar-refractivity contribution in [2.75, 3.05) is 19.3 Å². The Balaban J connectivity index is 0.984. The lowest BCUT2D eigenvalue weighted by atomic mass is 9.32. The van der Waals surface area contributed by atoms with Crippen molar-refractivity contribution in [3.05, 3.63) is 70.3 Å². The Morgan fingerprint density at radius 2 is 1.68 bits per heavy atom. The van der Waals surface area contributed by atoms with E-state index < -0.39 is 28.1 Å². The molecule has 9 nitrogen and oxygen atoms in total. The molecule has 7 saturated carbocycles. The van der Waals surface area contributed by atoms with E-state index in [-0.39, 0.29) is 57.8 Å². The van der Waals surface area contributed by atoms with E-state index in [0.717, 1.165) is 119 Å². The van der Waals surface area contributed by atoms with Gasteiger partial charge in [0.15, 0.2) is 5.78 Å². The molecule has 2 aliphatic heterocycles. The van der Waals surface area contributed by atoms with Crippen LogP contribution in [0.1, 0.15) is 192 Å². The maximum atomic E-state index is 16.4. The van der Waals surface area contributed by atoms with Gasteiger partial charge in [0, 0.05) is 42.1 Å². The van der Waals surface area contributed by atoms with Crippen LogP contribution in [0.4, 0.5) is 5.69 Å². The molecular weight excluding hydrogens is 895 g/mol.